The lowest BCUT2D eigenvalue weighted by Crippen LogP contribution is -2.21. The molecule has 0 unspecified atom stereocenters. The highest BCUT2D eigenvalue weighted by Gasteiger charge is 2.09. The summed E-state index contributed by atoms with van der Waals surface area (Å²) in [6.07, 6.45) is 0. The van der Waals surface area contributed by atoms with Crippen molar-refractivity contribution in [2.45, 2.75) is 6.54 Å². The van der Waals surface area contributed by atoms with Gasteiger partial charge in [0.25, 0.3) is 5.91 Å². The van der Waals surface area contributed by atoms with E-state index >= 15 is 0 Å². The van der Waals surface area contributed by atoms with Crippen molar-refractivity contribution in [3.8, 4) is 0 Å². The number of amides is 1. The van der Waals surface area contributed by atoms with Crippen molar-refractivity contribution in [3.63, 3.8) is 0 Å². The Labute approximate surface area is 127 Å². The second-order valence-electron chi connectivity index (χ2n) is 5.43. The predicted octanol–water partition coefficient (Wildman–Crippen LogP) is 2.08. The molecule has 0 atom stereocenters. The molecule has 1 heterocycles. The highest BCUT2D eigenvalue weighted by atomic mass is 16.2. The van der Waals surface area contributed by atoms with E-state index in [0.717, 1.165) is 16.6 Å². The fourth-order valence-electron chi connectivity index (χ4n) is 2.46. The van der Waals surface area contributed by atoms with E-state index in [-0.39, 0.29) is 11.6 Å². The predicted molar refractivity (Wildman–Crippen MR) is 86.1 cm³/mol. The normalized spacial score (nSPS) is 10.8. The number of benzene rings is 2. The number of H-pyrrole nitrogens is 1. The van der Waals surface area contributed by atoms with Crippen LogP contribution in [0.1, 0.15) is 15.9 Å². The van der Waals surface area contributed by atoms with Crippen LogP contribution in [0.15, 0.2) is 53.3 Å². The summed E-state index contributed by atoms with van der Waals surface area (Å²) in [5.41, 5.74) is 3.18. The van der Waals surface area contributed by atoms with Crippen molar-refractivity contribution in [3.05, 3.63) is 70.1 Å². The summed E-state index contributed by atoms with van der Waals surface area (Å²) in [4.78, 5) is 28.3. The van der Waals surface area contributed by atoms with Crippen LogP contribution in [0.25, 0.3) is 11.0 Å². The van der Waals surface area contributed by atoms with Crippen LogP contribution in [0.2, 0.25) is 0 Å². The van der Waals surface area contributed by atoms with Gasteiger partial charge in [0.15, 0.2) is 0 Å². The number of hydrogen-bond donors (Lipinski definition) is 1. The van der Waals surface area contributed by atoms with Crippen molar-refractivity contribution in [2.75, 3.05) is 14.1 Å². The Morgan fingerprint density at radius 2 is 1.77 bits per heavy atom. The molecule has 0 saturated heterocycles. The Morgan fingerprint density at radius 3 is 2.45 bits per heavy atom. The summed E-state index contributed by atoms with van der Waals surface area (Å²) >= 11 is 0. The zero-order valence-electron chi connectivity index (χ0n) is 12.5. The number of aromatic amines is 1. The fourth-order valence-corrected chi connectivity index (χ4v) is 2.46. The smallest absolute Gasteiger partial charge is 0.326 e. The maximum atomic E-state index is 12.1. The molecule has 3 rings (SSSR count). The standard InChI is InChI=1S/C17H17N3O2/c1-19(2)16(21)13-9-7-12(8-10-13)11-20-15-6-4-3-5-14(15)18-17(20)22/h3-10H,11H2,1-2H3,(H,18,22). The lowest BCUT2D eigenvalue weighted by molar-refractivity contribution is 0.0827. The number of rotatable bonds is 3. The van der Waals surface area contributed by atoms with Crippen LogP contribution >= 0.6 is 0 Å². The number of nitrogens with one attached hydrogen (secondary N) is 1. The molecule has 0 aliphatic rings. The number of fused-ring (bicyclic) bond motifs is 1. The summed E-state index contributed by atoms with van der Waals surface area (Å²) in [5.74, 6) is -0.0317. The number of carbonyl (C=O) groups excluding carboxylic acids is 1. The molecule has 0 aliphatic carbocycles. The third-order valence-electron chi connectivity index (χ3n) is 3.63. The van der Waals surface area contributed by atoms with Gasteiger partial charge >= 0.3 is 5.69 Å². The van der Waals surface area contributed by atoms with Gasteiger partial charge in [0.1, 0.15) is 0 Å². The summed E-state index contributed by atoms with van der Waals surface area (Å²) in [5, 5.41) is 0. The molecule has 22 heavy (non-hydrogen) atoms. The van der Waals surface area contributed by atoms with Gasteiger partial charge in [0.2, 0.25) is 0 Å². The second-order valence-corrected chi connectivity index (χ2v) is 5.43. The van der Waals surface area contributed by atoms with E-state index in [1.54, 1.807) is 35.7 Å². The molecular weight excluding hydrogens is 278 g/mol. The Morgan fingerprint density at radius 1 is 1.09 bits per heavy atom. The average molecular weight is 295 g/mol. The molecule has 2 aromatic carbocycles. The lowest BCUT2D eigenvalue weighted by atomic mass is 10.1. The van der Waals surface area contributed by atoms with Gasteiger partial charge in [-0.2, -0.15) is 0 Å². The molecule has 1 amide bonds. The minimum atomic E-state index is -0.130. The Balaban J connectivity index is 1.91. The molecule has 0 aliphatic heterocycles. The van der Waals surface area contributed by atoms with Gasteiger partial charge in [-0.25, -0.2) is 4.79 Å². The van der Waals surface area contributed by atoms with Crippen LogP contribution < -0.4 is 5.69 Å². The van der Waals surface area contributed by atoms with Crippen LogP contribution in [-0.2, 0) is 6.54 Å². The van der Waals surface area contributed by atoms with Crippen LogP contribution in [-0.4, -0.2) is 34.5 Å². The van der Waals surface area contributed by atoms with Crippen molar-refractivity contribution >= 4 is 16.9 Å². The maximum Gasteiger partial charge on any atom is 0.326 e. The Bertz CT molecular complexity index is 873. The molecule has 3 aromatic rings. The van der Waals surface area contributed by atoms with E-state index < -0.39 is 0 Å². The molecule has 0 saturated carbocycles. The van der Waals surface area contributed by atoms with Crippen LogP contribution in [0, 0.1) is 0 Å². The fraction of sp³-hybridized carbons (Fsp3) is 0.176. The summed E-state index contributed by atoms with van der Waals surface area (Å²) < 4.78 is 1.69. The van der Waals surface area contributed by atoms with Crippen molar-refractivity contribution in [1.82, 2.24) is 14.5 Å². The zero-order chi connectivity index (χ0) is 15.7. The van der Waals surface area contributed by atoms with E-state index in [2.05, 4.69) is 4.98 Å². The number of para-hydroxylation sites is 2. The van der Waals surface area contributed by atoms with Crippen molar-refractivity contribution in [2.24, 2.45) is 0 Å². The third kappa shape index (κ3) is 2.53. The molecule has 1 N–H and O–H groups in total. The summed E-state index contributed by atoms with van der Waals surface area (Å²) in [6.45, 7) is 0.472. The first-order chi connectivity index (χ1) is 10.6. The molecular formula is C17H17N3O2. The molecule has 5 nitrogen and oxygen atoms in total. The highest BCUT2D eigenvalue weighted by molar-refractivity contribution is 5.93. The van der Waals surface area contributed by atoms with Gasteiger partial charge in [0, 0.05) is 19.7 Å². The van der Waals surface area contributed by atoms with Gasteiger partial charge in [-0.3, -0.25) is 9.36 Å². The van der Waals surface area contributed by atoms with Crippen molar-refractivity contribution < 1.29 is 4.79 Å². The molecule has 112 valence electrons. The SMILES string of the molecule is CN(C)C(=O)c1ccc(Cn2c(=O)[nH]c3ccccc32)cc1. The minimum absolute atomic E-state index is 0.0317. The lowest BCUT2D eigenvalue weighted by Gasteiger charge is -2.10. The molecule has 0 bridgehead atoms. The van der Waals surface area contributed by atoms with E-state index in [0.29, 0.717) is 12.1 Å². The average Bonchev–Trinajstić information content (AvgIpc) is 2.83. The van der Waals surface area contributed by atoms with E-state index in [1.165, 1.54) is 0 Å². The number of hydrogen-bond acceptors (Lipinski definition) is 2. The monoisotopic (exact) mass is 295 g/mol. The second kappa shape index (κ2) is 5.52. The van der Waals surface area contributed by atoms with Crippen LogP contribution in [0.3, 0.4) is 0 Å². The molecule has 0 spiro atoms. The Kier molecular flexibility index (Phi) is 3.55. The quantitative estimate of drug-likeness (QED) is 0.804. The number of carbonyl (C=O) groups is 1. The highest BCUT2D eigenvalue weighted by Crippen LogP contribution is 2.12. The van der Waals surface area contributed by atoms with Gasteiger partial charge < -0.3 is 9.88 Å². The van der Waals surface area contributed by atoms with Gasteiger partial charge in [-0.05, 0) is 29.8 Å². The molecule has 5 heteroatoms. The topological polar surface area (TPSA) is 58.1 Å². The first-order valence-corrected chi connectivity index (χ1v) is 7.04. The number of nitrogens with zero attached hydrogens (tertiary/aromatic N) is 2. The summed E-state index contributed by atoms with van der Waals surface area (Å²) in [7, 11) is 3.45. The first-order valence-electron chi connectivity index (χ1n) is 7.04. The van der Waals surface area contributed by atoms with Crippen molar-refractivity contribution in [1.29, 1.82) is 0 Å². The van der Waals surface area contributed by atoms with E-state index in [1.807, 2.05) is 36.4 Å². The zero-order valence-corrected chi connectivity index (χ0v) is 12.5. The van der Waals surface area contributed by atoms with Crippen LogP contribution in [0.5, 0.6) is 0 Å². The Hall–Kier alpha value is -2.82. The van der Waals surface area contributed by atoms with Gasteiger partial charge in [-0.1, -0.05) is 24.3 Å². The largest absolute Gasteiger partial charge is 0.345 e. The molecule has 0 radical (unpaired) electrons. The van der Waals surface area contributed by atoms with E-state index in [9.17, 15) is 9.59 Å². The third-order valence-corrected chi connectivity index (χ3v) is 3.63. The maximum absolute atomic E-state index is 12.1. The van der Waals surface area contributed by atoms with Crippen LogP contribution in [0.4, 0.5) is 0 Å². The number of aromatic nitrogens is 2. The van der Waals surface area contributed by atoms with Gasteiger partial charge in [0.05, 0.1) is 17.6 Å². The molecule has 0 fully saturated rings. The van der Waals surface area contributed by atoms with E-state index in [4.69, 9.17) is 0 Å². The first kappa shape index (κ1) is 14.1. The minimum Gasteiger partial charge on any atom is -0.345 e. The molecule has 1 aromatic heterocycles. The summed E-state index contributed by atoms with van der Waals surface area (Å²) in [6, 6.07) is 14.9. The number of imidazole rings is 1. The van der Waals surface area contributed by atoms with Gasteiger partial charge in [-0.15, -0.1) is 0 Å².